The van der Waals surface area contributed by atoms with Gasteiger partial charge < -0.3 is 15.5 Å². The zero-order valence-corrected chi connectivity index (χ0v) is 24.9. The summed E-state index contributed by atoms with van der Waals surface area (Å²) in [5.41, 5.74) is 2.88. The summed E-state index contributed by atoms with van der Waals surface area (Å²) in [5.74, 6) is 2.70. The Hall–Kier alpha value is -3.26. The van der Waals surface area contributed by atoms with E-state index < -0.39 is 0 Å². The van der Waals surface area contributed by atoms with Gasteiger partial charge in [0.05, 0.1) is 23.3 Å². The number of halogens is 1. The number of aliphatic imine (C=N–C) groups is 1. The van der Waals surface area contributed by atoms with Crippen LogP contribution >= 0.6 is 0 Å². The van der Waals surface area contributed by atoms with Crippen molar-refractivity contribution in [3.63, 3.8) is 0 Å². The van der Waals surface area contributed by atoms with Crippen molar-refractivity contribution in [2.75, 3.05) is 25.0 Å². The Balaban J connectivity index is 1.25. The summed E-state index contributed by atoms with van der Waals surface area (Å²) >= 11 is 0. The lowest BCUT2D eigenvalue weighted by molar-refractivity contribution is -0.108. The molecular weight excluding hydrogens is 515 g/mol. The molecule has 7 nitrogen and oxygen atoms in total. The van der Waals surface area contributed by atoms with Crippen LogP contribution in [-0.4, -0.2) is 52.1 Å². The molecule has 4 fully saturated rings. The maximum atomic E-state index is 13.4. The number of nitrogens with zero attached hydrogens (tertiary/aromatic N) is 4. The average molecular weight is 559 g/mol. The fraction of sp³-hybridized carbons (Fsp3) is 0.545. The van der Waals surface area contributed by atoms with E-state index in [9.17, 15) is 9.18 Å². The quantitative estimate of drug-likeness (QED) is 0.321. The second kappa shape index (κ2) is 10.9. The van der Waals surface area contributed by atoms with Crippen molar-refractivity contribution in [2.24, 2.45) is 28.2 Å². The van der Waals surface area contributed by atoms with Crippen molar-refractivity contribution >= 4 is 22.5 Å². The van der Waals surface area contributed by atoms with Gasteiger partial charge in [-0.05, 0) is 92.2 Å². The van der Waals surface area contributed by atoms with Crippen molar-refractivity contribution in [3.8, 4) is 0 Å². The van der Waals surface area contributed by atoms with Gasteiger partial charge in [0.15, 0.2) is 5.96 Å². The Kier molecular flexibility index (Phi) is 7.39. The van der Waals surface area contributed by atoms with Gasteiger partial charge >= 0.3 is 0 Å². The maximum Gasteiger partial charge on any atom is 0.261 e. The smallest absolute Gasteiger partial charge is 0.261 e. The molecule has 218 valence electrons. The summed E-state index contributed by atoms with van der Waals surface area (Å²) in [5, 5.41) is 7.77. The second-order valence-corrected chi connectivity index (χ2v) is 13.3. The predicted octanol–water partition coefficient (Wildman–Crippen LogP) is 5.47. The van der Waals surface area contributed by atoms with E-state index in [1.54, 1.807) is 23.0 Å². The number of aromatic nitrogens is 2. The van der Waals surface area contributed by atoms with Crippen molar-refractivity contribution < 1.29 is 4.39 Å². The number of guanidine groups is 1. The number of hydrogen-bond donors (Lipinski definition) is 2. The van der Waals surface area contributed by atoms with Gasteiger partial charge in [0, 0.05) is 37.4 Å². The summed E-state index contributed by atoms with van der Waals surface area (Å²) in [7, 11) is 0. The molecular formula is C33H43FN6O. The molecule has 0 amide bonds. The largest absolute Gasteiger partial charge is 0.340 e. The molecule has 1 aliphatic heterocycles. The Labute approximate surface area is 242 Å². The molecule has 3 aliphatic carbocycles. The molecule has 6 atom stereocenters. The number of anilines is 1. The average Bonchev–Trinajstić information content (AvgIpc) is 2.94. The molecule has 0 radical (unpaired) electrons. The summed E-state index contributed by atoms with van der Waals surface area (Å²) in [4.78, 5) is 25.8. The first kappa shape index (κ1) is 27.9. The van der Waals surface area contributed by atoms with Crippen LogP contribution in [0.25, 0.3) is 10.9 Å². The Morgan fingerprint density at radius 1 is 1.20 bits per heavy atom. The highest BCUT2D eigenvalue weighted by Crippen LogP contribution is 2.61. The Bertz CT molecular complexity index is 1500. The van der Waals surface area contributed by atoms with Crippen LogP contribution in [-0.2, 0) is 6.42 Å². The van der Waals surface area contributed by atoms with Crippen LogP contribution in [0.3, 0.4) is 0 Å². The van der Waals surface area contributed by atoms with Crippen molar-refractivity contribution in [1.82, 2.24) is 19.8 Å². The maximum absolute atomic E-state index is 13.4. The van der Waals surface area contributed by atoms with E-state index in [1.165, 1.54) is 18.6 Å². The lowest BCUT2D eigenvalue weighted by atomic mass is 9.45. The van der Waals surface area contributed by atoms with E-state index >= 15 is 0 Å². The van der Waals surface area contributed by atoms with Crippen LogP contribution < -0.4 is 16.2 Å². The van der Waals surface area contributed by atoms with Crippen molar-refractivity contribution in [2.45, 2.75) is 72.0 Å². The molecule has 1 saturated heterocycles. The Morgan fingerprint density at radius 3 is 2.68 bits per heavy atom. The third-order valence-corrected chi connectivity index (χ3v) is 10.2. The fourth-order valence-electron chi connectivity index (χ4n) is 7.48. The molecule has 8 heteroatoms. The van der Waals surface area contributed by atoms with Crippen LogP contribution in [0.2, 0.25) is 0 Å². The lowest BCUT2D eigenvalue weighted by Crippen LogP contribution is -2.57. The normalized spacial score (nSPS) is 28.3. The molecule has 2 N–H and O–H groups in total. The van der Waals surface area contributed by atoms with E-state index in [4.69, 9.17) is 4.99 Å². The van der Waals surface area contributed by atoms with Crippen molar-refractivity contribution in [3.05, 3.63) is 70.5 Å². The number of fused-ring (bicyclic) bond motifs is 3. The van der Waals surface area contributed by atoms with E-state index in [0.717, 1.165) is 55.1 Å². The first-order chi connectivity index (χ1) is 19.6. The number of hydrogen-bond acceptors (Lipinski definition) is 4. The highest BCUT2D eigenvalue weighted by atomic mass is 19.1. The molecule has 0 unspecified atom stereocenters. The molecule has 4 aliphatic rings. The summed E-state index contributed by atoms with van der Waals surface area (Å²) < 4.78 is 15.0. The number of benzene rings is 2. The van der Waals surface area contributed by atoms with Crippen LogP contribution in [0.4, 0.5) is 10.1 Å². The molecule has 3 saturated carbocycles. The van der Waals surface area contributed by atoms with Gasteiger partial charge in [-0.25, -0.2) is 14.4 Å². The third kappa shape index (κ3) is 5.39. The summed E-state index contributed by atoms with van der Waals surface area (Å²) in [6, 6.07) is 12.8. The van der Waals surface area contributed by atoms with E-state index in [1.807, 2.05) is 25.1 Å². The second-order valence-electron chi connectivity index (χ2n) is 13.3. The molecule has 2 aromatic carbocycles. The number of nitrogens with one attached hydrogen (secondary N) is 2. The molecule has 0 spiro atoms. The van der Waals surface area contributed by atoms with Gasteiger partial charge in [0.2, 0.25) is 0 Å². The van der Waals surface area contributed by atoms with Crippen LogP contribution in [0.15, 0.2) is 58.6 Å². The van der Waals surface area contributed by atoms with Gasteiger partial charge in [0.1, 0.15) is 5.82 Å². The van der Waals surface area contributed by atoms with Crippen LogP contribution in [0.1, 0.15) is 59.1 Å². The number of rotatable bonds is 5. The standard InChI is InChI=1S/C33H43FN6O/c1-20-18-39(13-12-35-20)32(38-29-16-24-15-28(22(29)3)33(24,4)5)37-26-10-11-27-30(17-26)36-19-40(31(27)41)21(2)14-23-6-8-25(34)9-7-23/h6-11,17,19-22,24,28-29,35H,12-16,18H2,1-5H3,(H,37,38)/t20-,21+,22+,24-,28-,29-/m0/s1. The van der Waals surface area contributed by atoms with Gasteiger partial charge in [-0.3, -0.25) is 9.36 Å². The molecule has 2 bridgehead atoms. The zero-order valence-electron chi connectivity index (χ0n) is 24.9. The van der Waals surface area contributed by atoms with Gasteiger partial charge in [-0.1, -0.05) is 32.9 Å². The Morgan fingerprint density at radius 2 is 1.98 bits per heavy atom. The van der Waals surface area contributed by atoms with Crippen LogP contribution in [0.5, 0.6) is 0 Å². The third-order valence-electron chi connectivity index (χ3n) is 10.2. The van der Waals surface area contributed by atoms with Gasteiger partial charge in [-0.2, -0.15) is 0 Å². The van der Waals surface area contributed by atoms with Gasteiger partial charge in [0.25, 0.3) is 5.56 Å². The lowest BCUT2D eigenvalue weighted by Gasteiger charge is -2.61. The summed E-state index contributed by atoms with van der Waals surface area (Å²) in [6.07, 6.45) is 4.73. The minimum absolute atomic E-state index is 0.0705. The number of piperazine rings is 1. The van der Waals surface area contributed by atoms with E-state index in [0.29, 0.717) is 40.7 Å². The minimum Gasteiger partial charge on any atom is -0.340 e. The van der Waals surface area contributed by atoms with Crippen LogP contribution in [0, 0.1) is 29.0 Å². The SMILES string of the molecule is C[C@H]1[C@@H](N=C(Nc2ccc3c(=O)n([C@H](C)Cc4ccc(F)cc4)cnc3c2)N2CCN[C@@H](C)C2)C[C@@H]2C[C@@H]1C2(C)C. The topological polar surface area (TPSA) is 74.5 Å². The minimum atomic E-state index is -0.260. The monoisotopic (exact) mass is 558 g/mol. The van der Waals surface area contributed by atoms with E-state index in [2.05, 4.69) is 48.2 Å². The first-order valence-electron chi connectivity index (χ1n) is 15.2. The fourth-order valence-corrected chi connectivity index (χ4v) is 7.48. The highest BCUT2D eigenvalue weighted by molar-refractivity contribution is 5.96. The zero-order chi connectivity index (χ0) is 28.9. The molecule has 41 heavy (non-hydrogen) atoms. The summed E-state index contributed by atoms with van der Waals surface area (Å²) in [6.45, 7) is 14.2. The highest BCUT2D eigenvalue weighted by Gasteiger charge is 2.56. The van der Waals surface area contributed by atoms with E-state index in [-0.39, 0.29) is 17.4 Å². The molecule has 7 rings (SSSR count). The van der Waals surface area contributed by atoms with Crippen molar-refractivity contribution in [1.29, 1.82) is 0 Å². The first-order valence-corrected chi connectivity index (χ1v) is 15.2. The molecule has 2 heterocycles. The van der Waals surface area contributed by atoms with Gasteiger partial charge in [-0.15, -0.1) is 0 Å². The predicted molar refractivity (Wildman–Crippen MR) is 164 cm³/mol. The molecule has 1 aromatic heterocycles. The molecule has 3 aromatic rings.